The minimum atomic E-state index is -3.89. The van der Waals surface area contributed by atoms with Gasteiger partial charge < -0.3 is 14.9 Å². The summed E-state index contributed by atoms with van der Waals surface area (Å²) in [6.45, 7) is 5.58. The largest absolute Gasteiger partial charge is 0.478 e. The number of carboxylic acids is 1. The first-order valence-corrected chi connectivity index (χ1v) is 11.7. The molecule has 162 valence electrons. The number of rotatable bonds is 7. The predicted octanol–water partition coefficient (Wildman–Crippen LogP) is 3.28. The fraction of sp³-hybridized carbons (Fsp3) is 0.409. The number of hydrogen-bond donors (Lipinski definition) is 2. The molecule has 0 atom stereocenters. The first kappa shape index (κ1) is 22.1. The molecule has 1 aliphatic heterocycles. The van der Waals surface area contributed by atoms with Gasteiger partial charge in [-0.2, -0.15) is 0 Å². The Hall–Kier alpha value is -2.58. The molecule has 0 radical (unpaired) electrons. The third-order valence-corrected chi connectivity index (χ3v) is 6.72. The van der Waals surface area contributed by atoms with Crippen molar-refractivity contribution in [3.05, 3.63) is 53.6 Å². The molecule has 2 N–H and O–H groups in total. The summed E-state index contributed by atoms with van der Waals surface area (Å²) >= 11 is 0. The second kappa shape index (κ2) is 9.49. The van der Waals surface area contributed by atoms with E-state index >= 15 is 0 Å². The number of benzene rings is 2. The average Bonchev–Trinajstić information content (AvgIpc) is 2.93. The summed E-state index contributed by atoms with van der Waals surface area (Å²) in [5, 5.41) is 9.69. The van der Waals surface area contributed by atoms with Gasteiger partial charge in [0.15, 0.2) is 0 Å². The SMILES string of the molecule is CCCc1ccc(S(=O)(=O)Nc2ccc(N3CCCN(C)CC3)cc2C(=O)O)cc1. The van der Waals surface area contributed by atoms with Gasteiger partial charge in [0.1, 0.15) is 0 Å². The summed E-state index contributed by atoms with van der Waals surface area (Å²) in [6, 6.07) is 11.5. The Morgan fingerprint density at radius 2 is 1.80 bits per heavy atom. The molecule has 1 heterocycles. The molecule has 8 heteroatoms. The molecule has 0 saturated carbocycles. The number of aryl methyl sites for hydroxylation is 1. The lowest BCUT2D eigenvalue weighted by Crippen LogP contribution is -2.29. The molecule has 0 aromatic heterocycles. The first-order valence-electron chi connectivity index (χ1n) is 10.2. The molecule has 0 unspecified atom stereocenters. The number of nitrogens with one attached hydrogen (secondary N) is 1. The maximum Gasteiger partial charge on any atom is 0.337 e. The molecule has 3 rings (SSSR count). The van der Waals surface area contributed by atoms with Crippen LogP contribution in [0, 0.1) is 0 Å². The van der Waals surface area contributed by atoms with E-state index in [0.29, 0.717) is 0 Å². The van der Waals surface area contributed by atoms with Crippen molar-refractivity contribution in [3.8, 4) is 0 Å². The Morgan fingerprint density at radius 1 is 1.07 bits per heavy atom. The predicted molar refractivity (Wildman–Crippen MR) is 119 cm³/mol. The van der Waals surface area contributed by atoms with Crippen LogP contribution in [-0.4, -0.2) is 57.6 Å². The molecule has 1 saturated heterocycles. The quantitative estimate of drug-likeness (QED) is 0.699. The molecule has 2 aromatic carbocycles. The molecule has 0 aliphatic carbocycles. The number of sulfonamides is 1. The first-order chi connectivity index (χ1) is 14.3. The van der Waals surface area contributed by atoms with Gasteiger partial charge in [-0.25, -0.2) is 13.2 Å². The van der Waals surface area contributed by atoms with Gasteiger partial charge >= 0.3 is 5.97 Å². The van der Waals surface area contributed by atoms with Crippen molar-refractivity contribution in [1.82, 2.24) is 4.90 Å². The van der Waals surface area contributed by atoms with E-state index in [1.165, 1.54) is 6.07 Å². The zero-order chi connectivity index (χ0) is 21.7. The zero-order valence-electron chi connectivity index (χ0n) is 17.5. The minimum absolute atomic E-state index is 0.0590. The number of aromatic carboxylic acids is 1. The summed E-state index contributed by atoms with van der Waals surface area (Å²) in [4.78, 5) is 16.3. The lowest BCUT2D eigenvalue weighted by atomic mass is 10.1. The molecule has 1 aliphatic rings. The summed E-state index contributed by atoms with van der Waals surface area (Å²) in [7, 11) is -1.82. The zero-order valence-corrected chi connectivity index (χ0v) is 18.3. The third kappa shape index (κ3) is 5.31. The van der Waals surface area contributed by atoms with E-state index < -0.39 is 16.0 Å². The Labute approximate surface area is 178 Å². The maximum atomic E-state index is 12.8. The van der Waals surface area contributed by atoms with Gasteiger partial charge in [-0.3, -0.25) is 4.72 Å². The van der Waals surface area contributed by atoms with Crippen LogP contribution in [0.15, 0.2) is 47.4 Å². The highest BCUT2D eigenvalue weighted by Gasteiger charge is 2.21. The smallest absolute Gasteiger partial charge is 0.337 e. The van der Waals surface area contributed by atoms with Gasteiger partial charge in [-0.1, -0.05) is 25.5 Å². The molecule has 0 bridgehead atoms. The topological polar surface area (TPSA) is 90.0 Å². The van der Waals surface area contributed by atoms with E-state index in [4.69, 9.17) is 0 Å². The fourth-order valence-corrected chi connectivity index (χ4v) is 4.71. The van der Waals surface area contributed by atoms with Crippen LogP contribution in [0.5, 0.6) is 0 Å². The summed E-state index contributed by atoms with van der Waals surface area (Å²) in [6.07, 6.45) is 2.85. The summed E-state index contributed by atoms with van der Waals surface area (Å²) in [5.74, 6) is -1.17. The maximum absolute atomic E-state index is 12.8. The fourth-order valence-electron chi connectivity index (χ4n) is 3.63. The van der Waals surface area contributed by atoms with Gasteiger partial charge in [0, 0.05) is 25.3 Å². The Kier molecular flexibility index (Phi) is 6.99. The minimum Gasteiger partial charge on any atom is -0.478 e. The molecule has 0 amide bonds. The van der Waals surface area contributed by atoms with Crippen molar-refractivity contribution in [2.45, 2.75) is 31.1 Å². The van der Waals surface area contributed by atoms with E-state index in [-0.39, 0.29) is 16.1 Å². The van der Waals surface area contributed by atoms with Gasteiger partial charge in [0.05, 0.1) is 16.1 Å². The summed E-state index contributed by atoms with van der Waals surface area (Å²) in [5.41, 5.74) is 1.86. The Balaban J connectivity index is 1.85. The number of anilines is 2. The lowest BCUT2D eigenvalue weighted by molar-refractivity contribution is 0.0698. The van der Waals surface area contributed by atoms with Crippen molar-refractivity contribution in [1.29, 1.82) is 0 Å². The lowest BCUT2D eigenvalue weighted by Gasteiger charge is -2.24. The van der Waals surface area contributed by atoms with Gasteiger partial charge in [-0.15, -0.1) is 0 Å². The molecule has 30 heavy (non-hydrogen) atoms. The van der Waals surface area contributed by atoms with Gasteiger partial charge in [0.25, 0.3) is 10.0 Å². The number of nitrogens with zero attached hydrogens (tertiary/aromatic N) is 2. The van der Waals surface area contributed by atoms with Gasteiger partial charge in [0.2, 0.25) is 0 Å². The van der Waals surface area contributed by atoms with Crippen molar-refractivity contribution in [3.63, 3.8) is 0 Å². The van der Waals surface area contributed by atoms with Crippen LogP contribution in [-0.2, 0) is 16.4 Å². The van der Waals surface area contributed by atoms with Crippen LogP contribution in [0.2, 0.25) is 0 Å². The van der Waals surface area contributed by atoms with Crippen molar-refractivity contribution in [2.24, 2.45) is 0 Å². The van der Waals surface area contributed by atoms with E-state index in [9.17, 15) is 18.3 Å². The standard InChI is InChI=1S/C22H29N3O4S/c1-3-5-17-6-9-19(10-7-17)30(28,29)23-21-11-8-18(16-20(21)22(26)27)25-13-4-12-24(2)14-15-25/h6-11,16,23H,3-5,12-15H2,1-2H3,(H,26,27). The van der Waals surface area contributed by atoms with E-state index in [0.717, 1.165) is 56.7 Å². The molecular weight excluding hydrogens is 402 g/mol. The van der Waals surface area contributed by atoms with Crippen molar-refractivity contribution >= 4 is 27.4 Å². The van der Waals surface area contributed by atoms with Crippen LogP contribution >= 0.6 is 0 Å². The average molecular weight is 432 g/mol. The second-order valence-electron chi connectivity index (χ2n) is 7.68. The van der Waals surface area contributed by atoms with Gasteiger partial charge in [-0.05, 0) is 62.3 Å². The summed E-state index contributed by atoms with van der Waals surface area (Å²) < 4.78 is 28.0. The number of carboxylic acid groups (broad SMARTS) is 1. The molecular formula is C22H29N3O4S. The van der Waals surface area contributed by atoms with E-state index in [1.54, 1.807) is 36.4 Å². The van der Waals surface area contributed by atoms with Crippen LogP contribution in [0.4, 0.5) is 11.4 Å². The second-order valence-corrected chi connectivity index (χ2v) is 9.36. The molecule has 7 nitrogen and oxygen atoms in total. The Bertz CT molecular complexity index is 990. The van der Waals surface area contributed by atoms with Crippen LogP contribution in [0.1, 0.15) is 35.7 Å². The highest BCUT2D eigenvalue weighted by Crippen LogP contribution is 2.27. The number of likely N-dealkylation sites (N-methyl/N-ethyl adjacent to an activating group) is 1. The molecule has 0 spiro atoms. The van der Waals surface area contributed by atoms with Crippen molar-refractivity contribution < 1.29 is 18.3 Å². The van der Waals surface area contributed by atoms with E-state index in [2.05, 4.69) is 28.5 Å². The van der Waals surface area contributed by atoms with E-state index in [1.807, 2.05) is 0 Å². The van der Waals surface area contributed by atoms with Crippen LogP contribution in [0.25, 0.3) is 0 Å². The monoisotopic (exact) mass is 431 g/mol. The Morgan fingerprint density at radius 3 is 2.47 bits per heavy atom. The highest BCUT2D eigenvalue weighted by atomic mass is 32.2. The normalized spacial score (nSPS) is 15.6. The molecule has 1 fully saturated rings. The van der Waals surface area contributed by atoms with Crippen LogP contribution in [0.3, 0.4) is 0 Å². The van der Waals surface area contributed by atoms with Crippen molar-refractivity contribution in [2.75, 3.05) is 42.8 Å². The number of hydrogen-bond acceptors (Lipinski definition) is 5. The van der Waals surface area contributed by atoms with Crippen LogP contribution < -0.4 is 9.62 Å². The molecule has 2 aromatic rings. The third-order valence-electron chi connectivity index (χ3n) is 5.33. The highest BCUT2D eigenvalue weighted by molar-refractivity contribution is 7.92. The number of carbonyl (C=O) groups is 1.